The zero-order chi connectivity index (χ0) is 4.83. The maximum atomic E-state index is 3.70. The second kappa shape index (κ2) is 22.4. The molecule has 0 spiro atoms. The van der Waals surface area contributed by atoms with Crippen LogP contribution >= 0.6 is 15.9 Å². The minimum absolute atomic E-state index is 0. The Balaban J connectivity index is -0.0000000417. The molecule has 9 heavy (non-hydrogen) atoms. The molecule has 0 rings (SSSR count). The molecule has 0 saturated carbocycles. The minimum Gasteiger partial charge on any atom is -0.358 e. The summed E-state index contributed by atoms with van der Waals surface area (Å²) in [6.07, 6.45) is 3.60. The molecule has 0 aromatic carbocycles. The van der Waals surface area contributed by atoms with Gasteiger partial charge in [0.05, 0.1) is 0 Å². The average Bonchev–Trinajstić information content (AvgIpc) is 1.61. The summed E-state index contributed by atoms with van der Waals surface area (Å²) in [5.41, 5.74) is 0. The molecular weight excluding hydrogens is 628 g/mol. The number of alkyl halides is 1. The van der Waals surface area contributed by atoms with Gasteiger partial charge in [0, 0.05) is 36.4 Å². The van der Waals surface area contributed by atoms with Gasteiger partial charge in [0.25, 0.3) is 0 Å². The van der Waals surface area contributed by atoms with E-state index in [2.05, 4.69) is 22.9 Å². The quantitative estimate of drug-likeness (QED) is 0.253. The maximum absolute atomic E-state index is 3.70. The van der Waals surface area contributed by atoms with Gasteiger partial charge in [-0.15, -0.1) is 0 Å². The van der Waals surface area contributed by atoms with E-state index < -0.39 is 0 Å². The Bertz CT molecular complexity index is 23.0. The van der Waals surface area contributed by atoms with Crippen LogP contribution in [0.3, 0.4) is 0 Å². The van der Waals surface area contributed by atoms with Crippen molar-refractivity contribution in [1.82, 2.24) is 0 Å². The average molecular weight is 641 g/mol. The van der Waals surface area contributed by atoms with Crippen molar-refractivity contribution in [2.45, 2.75) is 19.3 Å². The van der Waals surface area contributed by atoms with Gasteiger partial charge in [-0.25, -0.2) is 0 Å². The van der Waals surface area contributed by atoms with Crippen molar-refractivity contribution in [2.75, 3.05) is 5.33 Å². The second-order valence-corrected chi connectivity index (χ2v) is 2.04. The molecule has 0 aromatic rings. The fraction of sp³-hybridized carbons (Fsp3) is 0.667. The summed E-state index contributed by atoms with van der Waals surface area (Å²) >= 11 is 3.32. The van der Waals surface area contributed by atoms with Gasteiger partial charge in [-0.3, -0.25) is 0 Å². The van der Waals surface area contributed by atoms with Crippen LogP contribution in [0.5, 0.6) is 0 Å². The summed E-state index contributed by atoms with van der Waals surface area (Å²) in [5.74, 6) is 0. The van der Waals surface area contributed by atoms with Crippen molar-refractivity contribution in [1.29, 1.82) is 0 Å². The topological polar surface area (TPSA) is 0 Å². The monoisotopic (exact) mass is 640 g/mol. The van der Waals surface area contributed by atoms with E-state index in [0.717, 1.165) is 11.8 Å². The number of hydrogen-bond acceptors (Lipinski definition) is 0. The van der Waals surface area contributed by atoms with Crippen LogP contribution in [-0.2, 0) is 0 Å². The predicted octanol–water partition coefficient (Wildman–Crippen LogP) is 2.84. The first kappa shape index (κ1) is 22.6. The summed E-state index contributed by atoms with van der Waals surface area (Å²) in [6, 6.07) is 0. The van der Waals surface area contributed by atoms with Gasteiger partial charge in [-0.2, -0.15) is 6.42 Å². The van der Waals surface area contributed by atoms with E-state index in [1.54, 1.807) is 0 Å². The first-order valence-electron chi connectivity index (χ1n) is 2.27. The van der Waals surface area contributed by atoms with E-state index in [4.69, 9.17) is 0 Å². The molecule has 0 aliphatic heterocycles. The van der Waals surface area contributed by atoms with Crippen LogP contribution in [0.25, 0.3) is 0 Å². The largest absolute Gasteiger partial charge is 2.00 e. The number of halogens is 1. The van der Waals surface area contributed by atoms with Crippen molar-refractivity contribution in [3.63, 3.8) is 0 Å². The zero-order valence-electron chi connectivity index (χ0n) is 5.91. The molecule has 0 N–H and O–H groups in total. The minimum atomic E-state index is 0. The van der Waals surface area contributed by atoms with Crippen LogP contribution in [0.1, 0.15) is 19.3 Å². The summed E-state index contributed by atoms with van der Waals surface area (Å²) in [6.45, 7) is 3.70. The second-order valence-electron chi connectivity index (χ2n) is 1.25. The Hall–Kier alpha value is 2.58. The number of unbranched alkanes of at least 4 members (excludes halogenated alkanes) is 2. The van der Waals surface area contributed by atoms with Crippen molar-refractivity contribution in [3.05, 3.63) is 14.4 Å². The molecule has 0 heterocycles. The van der Waals surface area contributed by atoms with Gasteiger partial charge in [0.2, 0.25) is 0 Å². The van der Waals surface area contributed by atoms with Gasteiger partial charge in [-0.05, 0) is 6.42 Å². The SMILES string of the molecule is [CH2-]CCCCBr.[CH3-].[U+2].[U]. The zero-order valence-corrected chi connectivity index (χ0v) is 15.8. The maximum Gasteiger partial charge on any atom is 2.00 e. The van der Waals surface area contributed by atoms with Gasteiger partial charge in [0.15, 0.2) is 0 Å². The molecule has 0 radical (unpaired) electrons. The van der Waals surface area contributed by atoms with Crippen LogP contribution in [0.15, 0.2) is 0 Å². The Morgan fingerprint density at radius 1 is 1.22 bits per heavy atom. The van der Waals surface area contributed by atoms with Gasteiger partial charge in [0.1, 0.15) is 0 Å². The van der Waals surface area contributed by atoms with E-state index in [1.807, 2.05) is 0 Å². The standard InChI is InChI=1S/C5H10Br.CH3.2U/c1-2-3-4-5-6;;;/h1-5H2;1H3;;/q2*-1;;+2. The van der Waals surface area contributed by atoms with E-state index in [1.165, 1.54) is 12.8 Å². The normalized spacial score (nSPS) is 6.00. The molecule has 0 aliphatic carbocycles. The van der Waals surface area contributed by atoms with E-state index >= 15 is 0 Å². The fourth-order valence-electron chi connectivity index (χ4n) is 0.271. The van der Waals surface area contributed by atoms with Crippen molar-refractivity contribution >= 4 is 15.9 Å². The van der Waals surface area contributed by atoms with Crippen molar-refractivity contribution in [3.8, 4) is 0 Å². The van der Waals surface area contributed by atoms with Crippen LogP contribution < -0.4 is 0 Å². The first-order chi connectivity index (χ1) is 2.91. The van der Waals surface area contributed by atoms with Gasteiger partial charge in [-0.1, -0.05) is 22.4 Å². The third kappa shape index (κ3) is 25.0. The molecule has 0 unspecified atom stereocenters. The van der Waals surface area contributed by atoms with Crippen LogP contribution in [0, 0.1) is 76.6 Å². The molecule has 0 bridgehead atoms. The Morgan fingerprint density at radius 2 is 1.67 bits per heavy atom. The predicted molar refractivity (Wildman–Crippen MR) is 39.4 cm³/mol. The summed E-state index contributed by atoms with van der Waals surface area (Å²) in [5, 5.41) is 1.13. The fourth-order valence-corrected chi connectivity index (χ4v) is 0.668. The summed E-state index contributed by atoms with van der Waals surface area (Å²) in [7, 11) is 0. The van der Waals surface area contributed by atoms with E-state index in [9.17, 15) is 0 Å². The molecule has 0 nitrogen and oxygen atoms in total. The Labute approximate surface area is 115 Å². The molecule has 0 aliphatic rings. The Kier molecular flexibility index (Phi) is 56.2. The van der Waals surface area contributed by atoms with Crippen molar-refractivity contribution < 1.29 is 62.2 Å². The van der Waals surface area contributed by atoms with E-state index in [-0.39, 0.29) is 69.7 Å². The molecule has 0 atom stereocenters. The first-order valence-corrected chi connectivity index (χ1v) is 3.39. The Morgan fingerprint density at radius 3 is 1.78 bits per heavy atom. The third-order valence-electron chi connectivity index (χ3n) is 0.634. The molecule has 0 amide bonds. The number of hydrogen-bond donors (Lipinski definition) is 0. The van der Waals surface area contributed by atoms with Crippen molar-refractivity contribution in [2.24, 2.45) is 0 Å². The van der Waals surface area contributed by atoms with Crippen LogP contribution in [0.2, 0.25) is 0 Å². The molecule has 0 saturated heterocycles. The molecular formula is C6H13BrU2. The summed E-state index contributed by atoms with van der Waals surface area (Å²) < 4.78 is 0. The van der Waals surface area contributed by atoms with Gasteiger partial charge >= 0.3 is 31.1 Å². The summed E-state index contributed by atoms with van der Waals surface area (Å²) in [4.78, 5) is 0. The molecule has 52 valence electrons. The molecule has 3 heteroatoms. The smallest absolute Gasteiger partial charge is 0.358 e. The van der Waals surface area contributed by atoms with Crippen LogP contribution in [-0.4, -0.2) is 5.33 Å². The van der Waals surface area contributed by atoms with Gasteiger partial charge < -0.3 is 14.4 Å². The molecule has 0 aromatic heterocycles. The van der Waals surface area contributed by atoms with Crippen LogP contribution in [0.4, 0.5) is 0 Å². The third-order valence-corrected chi connectivity index (χ3v) is 1.19. The van der Waals surface area contributed by atoms with E-state index in [0.29, 0.717) is 0 Å². The number of rotatable bonds is 3. The molecule has 0 fully saturated rings.